The topological polar surface area (TPSA) is 30.2 Å². The standard InChI is InChI=1S/C20H14O2/c1-13-6-8-14(9-7-13)15-10-11-19-17(12-15)20(21)16-4-2-3-5-18(16)22-19/h2-12H,1H3. The van der Waals surface area contributed by atoms with E-state index in [9.17, 15) is 4.79 Å². The highest BCUT2D eigenvalue weighted by molar-refractivity contribution is 5.91. The predicted octanol–water partition coefficient (Wildman–Crippen LogP) is 4.92. The molecule has 0 aliphatic carbocycles. The van der Waals surface area contributed by atoms with Crippen molar-refractivity contribution in [2.24, 2.45) is 0 Å². The van der Waals surface area contributed by atoms with Crippen LogP contribution in [0.5, 0.6) is 0 Å². The van der Waals surface area contributed by atoms with Gasteiger partial charge in [-0.15, -0.1) is 0 Å². The molecule has 0 N–H and O–H groups in total. The fraction of sp³-hybridized carbons (Fsp3) is 0.0500. The van der Waals surface area contributed by atoms with Crippen LogP contribution >= 0.6 is 0 Å². The Bertz CT molecular complexity index is 1040. The van der Waals surface area contributed by atoms with E-state index < -0.39 is 0 Å². The van der Waals surface area contributed by atoms with Crippen molar-refractivity contribution in [1.29, 1.82) is 0 Å². The van der Waals surface area contributed by atoms with E-state index in [1.165, 1.54) is 5.56 Å². The molecule has 0 spiro atoms. The van der Waals surface area contributed by atoms with E-state index in [4.69, 9.17) is 4.42 Å². The van der Waals surface area contributed by atoms with Gasteiger partial charge in [-0.05, 0) is 42.3 Å². The van der Waals surface area contributed by atoms with Crippen LogP contribution in [-0.2, 0) is 0 Å². The van der Waals surface area contributed by atoms with Crippen molar-refractivity contribution in [2.45, 2.75) is 6.92 Å². The Morgan fingerprint density at radius 2 is 1.41 bits per heavy atom. The summed E-state index contributed by atoms with van der Waals surface area (Å²) in [5.41, 5.74) is 4.61. The fourth-order valence-corrected chi connectivity index (χ4v) is 2.73. The molecule has 0 saturated heterocycles. The summed E-state index contributed by atoms with van der Waals surface area (Å²) in [6.07, 6.45) is 0. The summed E-state index contributed by atoms with van der Waals surface area (Å²) < 4.78 is 5.84. The van der Waals surface area contributed by atoms with Crippen LogP contribution in [0.1, 0.15) is 5.56 Å². The molecule has 1 heterocycles. The molecule has 0 atom stereocenters. The van der Waals surface area contributed by atoms with E-state index in [1.807, 2.05) is 36.4 Å². The minimum Gasteiger partial charge on any atom is -0.456 e. The third-order valence-corrected chi connectivity index (χ3v) is 3.96. The average Bonchev–Trinajstić information content (AvgIpc) is 2.56. The molecular weight excluding hydrogens is 272 g/mol. The number of rotatable bonds is 1. The number of aryl methyl sites for hydroxylation is 1. The molecule has 0 aliphatic heterocycles. The lowest BCUT2D eigenvalue weighted by Crippen LogP contribution is -2.01. The van der Waals surface area contributed by atoms with Crippen molar-refractivity contribution in [3.05, 3.63) is 82.5 Å². The van der Waals surface area contributed by atoms with E-state index in [-0.39, 0.29) is 5.43 Å². The maximum Gasteiger partial charge on any atom is 0.200 e. The Morgan fingerprint density at radius 1 is 0.727 bits per heavy atom. The lowest BCUT2D eigenvalue weighted by atomic mass is 10.0. The van der Waals surface area contributed by atoms with Gasteiger partial charge in [-0.3, -0.25) is 4.79 Å². The van der Waals surface area contributed by atoms with Gasteiger partial charge in [0.1, 0.15) is 11.2 Å². The molecule has 0 fully saturated rings. The highest BCUT2D eigenvalue weighted by atomic mass is 16.3. The lowest BCUT2D eigenvalue weighted by molar-refractivity contribution is 0.660. The van der Waals surface area contributed by atoms with Crippen molar-refractivity contribution < 1.29 is 4.42 Å². The molecule has 2 heteroatoms. The third-order valence-electron chi connectivity index (χ3n) is 3.96. The monoisotopic (exact) mass is 286 g/mol. The van der Waals surface area contributed by atoms with Gasteiger partial charge in [-0.25, -0.2) is 0 Å². The van der Waals surface area contributed by atoms with Crippen molar-refractivity contribution in [3.8, 4) is 11.1 Å². The summed E-state index contributed by atoms with van der Waals surface area (Å²) in [5.74, 6) is 0. The minimum atomic E-state index is 0.0193. The Kier molecular flexibility index (Phi) is 2.83. The first-order valence-corrected chi connectivity index (χ1v) is 7.25. The molecule has 106 valence electrons. The van der Waals surface area contributed by atoms with Gasteiger partial charge in [-0.1, -0.05) is 48.0 Å². The van der Waals surface area contributed by atoms with E-state index >= 15 is 0 Å². The Balaban J connectivity index is 2.01. The van der Waals surface area contributed by atoms with Crippen LogP contribution < -0.4 is 5.43 Å². The summed E-state index contributed by atoms with van der Waals surface area (Å²) >= 11 is 0. The summed E-state index contributed by atoms with van der Waals surface area (Å²) in [6.45, 7) is 2.06. The Labute approximate surface area is 127 Å². The summed E-state index contributed by atoms with van der Waals surface area (Å²) in [4.78, 5) is 12.7. The van der Waals surface area contributed by atoms with Gasteiger partial charge in [-0.2, -0.15) is 0 Å². The van der Waals surface area contributed by atoms with Gasteiger partial charge in [0.05, 0.1) is 10.8 Å². The maximum absolute atomic E-state index is 12.7. The van der Waals surface area contributed by atoms with E-state index in [2.05, 4.69) is 31.2 Å². The number of fused-ring (bicyclic) bond motifs is 2. The molecular formula is C20H14O2. The zero-order chi connectivity index (χ0) is 15.1. The molecule has 4 aromatic rings. The quantitative estimate of drug-likeness (QED) is 0.465. The molecule has 3 aromatic carbocycles. The molecule has 0 radical (unpaired) electrons. The molecule has 4 rings (SSSR count). The molecule has 0 aliphatic rings. The predicted molar refractivity (Wildman–Crippen MR) is 90.2 cm³/mol. The van der Waals surface area contributed by atoms with E-state index in [0.29, 0.717) is 21.9 Å². The van der Waals surface area contributed by atoms with Crippen molar-refractivity contribution in [1.82, 2.24) is 0 Å². The molecule has 1 aromatic heterocycles. The van der Waals surface area contributed by atoms with E-state index in [1.54, 1.807) is 6.07 Å². The van der Waals surface area contributed by atoms with Crippen LogP contribution in [0.25, 0.3) is 33.1 Å². The first kappa shape index (κ1) is 12.8. The summed E-state index contributed by atoms with van der Waals surface area (Å²) in [6, 6.07) is 21.4. The highest BCUT2D eigenvalue weighted by Crippen LogP contribution is 2.25. The molecule has 0 unspecified atom stereocenters. The van der Waals surface area contributed by atoms with Gasteiger partial charge >= 0.3 is 0 Å². The lowest BCUT2D eigenvalue weighted by Gasteiger charge is -2.05. The van der Waals surface area contributed by atoms with Gasteiger partial charge in [0, 0.05) is 0 Å². The Hall–Kier alpha value is -2.87. The summed E-state index contributed by atoms with van der Waals surface area (Å²) in [5, 5.41) is 1.24. The normalized spacial score (nSPS) is 11.1. The van der Waals surface area contributed by atoms with E-state index in [0.717, 1.165) is 11.1 Å². The average molecular weight is 286 g/mol. The molecule has 0 amide bonds. The number of benzene rings is 3. The zero-order valence-corrected chi connectivity index (χ0v) is 12.2. The van der Waals surface area contributed by atoms with Crippen LogP contribution in [0, 0.1) is 6.92 Å². The van der Waals surface area contributed by atoms with Gasteiger partial charge in [0.2, 0.25) is 5.43 Å². The number of hydrogen-bond donors (Lipinski definition) is 0. The van der Waals surface area contributed by atoms with Crippen molar-refractivity contribution in [2.75, 3.05) is 0 Å². The largest absolute Gasteiger partial charge is 0.456 e. The van der Waals surface area contributed by atoms with Gasteiger partial charge in [0.25, 0.3) is 0 Å². The van der Waals surface area contributed by atoms with Crippen molar-refractivity contribution in [3.63, 3.8) is 0 Å². The molecule has 0 saturated carbocycles. The fourth-order valence-electron chi connectivity index (χ4n) is 2.73. The Morgan fingerprint density at radius 3 is 2.23 bits per heavy atom. The highest BCUT2D eigenvalue weighted by Gasteiger charge is 2.08. The van der Waals surface area contributed by atoms with Gasteiger partial charge < -0.3 is 4.42 Å². The summed E-state index contributed by atoms with van der Waals surface area (Å²) in [7, 11) is 0. The van der Waals surface area contributed by atoms with Crippen LogP contribution in [0.4, 0.5) is 0 Å². The second-order valence-corrected chi connectivity index (χ2v) is 5.50. The smallest absolute Gasteiger partial charge is 0.200 e. The molecule has 0 bridgehead atoms. The van der Waals surface area contributed by atoms with Crippen LogP contribution in [0.3, 0.4) is 0 Å². The van der Waals surface area contributed by atoms with Crippen molar-refractivity contribution >= 4 is 21.9 Å². The van der Waals surface area contributed by atoms with Gasteiger partial charge in [0.15, 0.2) is 0 Å². The first-order chi connectivity index (χ1) is 10.7. The third kappa shape index (κ3) is 2.01. The SMILES string of the molecule is Cc1ccc(-c2ccc3oc4ccccc4c(=O)c3c2)cc1. The second kappa shape index (κ2) is 4.85. The zero-order valence-electron chi connectivity index (χ0n) is 12.2. The second-order valence-electron chi connectivity index (χ2n) is 5.50. The first-order valence-electron chi connectivity index (χ1n) is 7.25. The molecule has 2 nitrogen and oxygen atoms in total. The minimum absolute atomic E-state index is 0.0193. The number of para-hydroxylation sites is 1. The molecule has 22 heavy (non-hydrogen) atoms. The van der Waals surface area contributed by atoms with Crippen LogP contribution in [-0.4, -0.2) is 0 Å². The van der Waals surface area contributed by atoms with Crippen LogP contribution in [0.2, 0.25) is 0 Å². The maximum atomic E-state index is 12.7. The van der Waals surface area contributed by atoms with Crippen LogP contribution in [0.15, 0.2) is 75.9 Å². The number of hydrogen-bond acceptors (Lipinski definition) is 2.